The van der Waals surface area contributed by atoms with E-state index in [0.717, 1.165) is 0 Å². The van der Waals surface area contributed by atoms with Gasteiger partial charge >= 0.3 is 0 Å². The minimum Gasteiger partial charge on any atom is -0.493 e. The molecule has 1 heterocycles. The Morgan fingerprint density at radius 3 is 2.83 bits per heavy atom. The molecule has 23 heavy (non-hydrogen) atoms. The summed E-state index contributed by atoms with van der Waals surface area (Å²) in [6.07, 6.45) is 0. The zero-order valence-corrected chi connectivity index (χ0v) is 12.4. The molecule has 0 spiro atoms. The number of H-pyrrole nitrogens is 1. The van der Waals surface area contributed by atoms with Crippen molar-refractivity contribution in [2.75, 3.05) is 13.7 Å². The summed E-state index contributed by atoms with van der Waals surface area (Å²) >= 11 is 0. The zero-order chi connectivity index (χ0) is 16.2. The van der Waals surface area contributed by atoms with Crippen LogP contribution in [0.15, 0.2) is 47.3 Å². The van der Waals surface area contributed by atoms with Gasteiger partial charge in [0.2, 0.25) is 0 Å². The summed E-state index contributed by atoms with van der Waals surface area (Å²) < 4.78 is 10.7. The van der Waals surface area contributed by atoms with E-state index in [-0.39, 0.29) is 12.2 Å². The van der Waals surface area contributed by atoms with Gasteiger partial charge in [0.25, 0.3) is 5.56 Å². The van der Waals surface area contributed by atoms with E-state index in [1.54, 1.807) is 36.4 Å². The van der Waals surface area contributed by atoms with Gasteiger partial charge < -0.3 is 14.5 Å². The molecule has 6 nitrogen and oxygen atoms in total. The largest absolute Gasteiger partial charge is 0.493 e. The van der Waals surface area contributed by atoms with Gasteiger partial charge in [-0.3, -0.25) is 4.79 Å². The van der Waals surface area contributed by atoms with Gasteiger partial charge in [0.15, 0.2) is 18.1 Å². The van der Waals surface area contributed by atoms with Crippen molar-refractivity contribution in [3.8, 4) is 29.0 Å². The molecular formula is C17H13N3O3. The highest BCUT2D eigenvalue weighted by molar-refractivity contribution is 5.80. The number of nitriles is 1. The van der Waals surface area contributed by atoms with Gasteiger partial charge in [-0.05, 0) is 24.3 Å². The lowest BCUT2D eigenvalue weighted by molar-refractivity contribution is 0.331. The zero-order valence-electron chi connectivity index (χ0n) is 12.4. The smallest absolute Gasteiger partial charge is 0.259 e. The van der Waals surface area contributed by atoms with E-state index < -0.39 is 0 Å². The van der Waals surface area contributed by atoms with Crippen LogP contribution < -0.4 is 15.0 Å². The van der Waals surface area contributed by atoms with Crippen LogP contribution in [-0.2, 0) is 0 Å². The first kappa shape index (κ1) is 14.6. The molecule has 0 aliphatic carbocycles. The lowest BCUT2D eigenvalue weighted by Crippen LogP contribution is -2.10. The average Bonchev–Trinajstić information content (AvgIpc) is 2.59. The van der Waals surface area contributed by atoms with Crippen LogP contribution in [0.5, 0.6) is 11.5 Å². The Morgan fingerprint density at radius 2 is 2.04 bits per heavy atom. The van der Waals surface area contributed by atoms with Crippen molar-refractivity contribution in [1.82, 2.24) is 9.97 Å². The van der Waals surface area contributed by atoms with E-state index in [2.05, 4.69) is 9.97 Å². The Bertz CT molecular complexity index is 957. The highest BCUT2D eigenvalue weighted by Gasteiger charge is 2.15. The van der Waals surface area contributed by atoms with Crippen LogP contribution in [-0.4, -0.2) is 23.7 Å². The third-order valence-corrected chi connectivity index (χ3v) is 3.35. The van der Waals surface area contributed by atoms with Gasteiger partial charge in [-0.15, -0.1) is 0 Å². The molecule has 0 saturated carbocycles. The quantitative estimate of drug-likeness (QED) is 0.800. The number of rotatable bonds is 4. The third-order valence-electron chi connectivity index (χ3n) is 3.35. The fourth-order valence-corrected chi connectivity index (χ4v) is 2.33. The van der Waals surface area contributed by atoms with Crippen molar-refractivity contribution in [2.24, 2.45) is 0 Å². The fourth-order valence-electron chi connectivity index (χ4n) is 2.33. The van der Waals surface area contributed by atoms with Crippen molar-refractivity contribution in [2.45, 2.75) is 0 Å². The van der Waals surface area contributed by atoms with E-state index in [4.69, 9.17) is 14.7 Å². The molecule has 0 radical (unpaired) electrons. The summed E-state index contributed by atoms with van der Waals surface area (Å²) in [5.41, 5.74) is 0.905. The van der Waals surface area contributed by atoms with E-state index in [9.17, 15) is 4.79 Å². The first-order valence-corrected chi connectivity index (χ1v) is 6.91. The molecule has 0 saturated heterocycles. The van der Waals surface area contributed by atoms with Gasteiger partial charge in [0.1, 0.15) is 11.9 Å². The Kier molecular flexibility index (Phi) is 3.93. The molecule has 0 unspecified atom stereocenters. The Morgan fingerprint density at radius 1 is 1.22 bits per heavy atom. The standard InChI is InChI=1S/C17H13N3O3/c1-22-14-8-4-6-12(15(14)23-10-9-18)16-19-13-7-3-2-5-11(13)17(21)20-16/h2-8H,10H2,1H3,(H,19,20,21). The van der Waals surface area contributed by atoms with E-state index in [1.807, 2.05) is 12.1 Å². The molecule has 1 N–H and O–H groups in total. The third kappa shape index (κ3) is 2.72. The molecule has 1 aromatic heterocycles. The monoisotopic (exact) mass is 307 g/mol. The molecule has 0 amide bonds. The maximum atomic E-state index is 12.2. The molecule has 0 aliphatic rings. The number of hydrogen-bond donors (Lipinski definition) is 1. The number of hydrogen-bond acceptors (Lipinski definition) is 5. The Labute approximate surface area is 131 Å². The summed E-state index contributed by atoms with van der Waals surface area (Å²) in [6.45, 7) is -0.134. The SMILES string of the molecule is COc1cccc(-c2nc3ccccc3c(=O)[nH]2)c1OCC#N. The maximum absolute atomic E-state index is 12.2. The van der Waals surface area contributed by atoms with Crippen LogP contribution in [0.2, 0.25) is 0 Å². The van der Waals surface area contributed by atoms with Crippen molar-refractivity contribution in [3.05, 3.63) is 52.8 Å². The highest BCUT2D eigenvalue weighted by Crippen LogP contribution is 2.36. The molecule has 2 aromatic carbocycles. The first-order chi connectivity index (χ1) is 11.2. The highest BCUT2D eigenvalue weighted by atomic mass is 16.5. The number of aromatic amines is 1. The second-order valence-electron chi connectivity index (χ2n) is 4.72. The Hall–Kier alpha value is -3.33. The second kappa shape index (κ2) is 6.20. The second-order valence-corrected chi connectivity index (χ2v) is 4.72. The van der Waals surface area contributed by atoms with Crippen LogP contribution >= 0.6 is 0 Å². The van der Waals surface area contributed by atoms with E-state index in [1.165, 1.54) is 7.11 Å². The van der Waals surface area contributed by atoms with Gasteiger partial charge in [-0.25, -0.2) is 4.98 Å². The number of para-hydroxylation sites is 2. The van der Waals surface area contributed by atoms with E-state index in [0.29, 0.717) is 33.8 Å². The first-order valence-electron chi connectivity index (χ1n) is 6.91. The van der Waals surface area contributed by atoms with Crippen LogP contribution in [0, 0.1) is 11.3 Å². The van der Waals surface area contributed by atoms with Gasteiger partial charge in [-0.1, -0.05) is 18.2 Å². The molecule has 114 valence electrons. The van der Waals surface area contributed by atoms with Crippen molar-refractivity contribution < 1.29 is 9.47 Å². The average molecular weight is 307 g/mol. The van der Waals surface area contributed by atoms with Crippen LogP contribution in [0.25, 0.3) is 22.3 Å². The number of nitrogens with one attached hydrogen (secondary N) is 1. The van der Waals surface area contributed by atoms with Crippen LogP contribution in [0.3, 0.4) is 0 Å². The number of ether oxygens (including phenoxy) is 2. The minimum absolute atomic E-state index is 0.134. The minimum atomic E-state index is -0.236. The number of benzene rings is 2. The predicted octanol–water partition coefficient (Wildman–Crippen LogP) is 2.50. The topological polar surface area (TPSA) is 88.0 Å². The number of fused-ring (bicyclic) bond motifs is 1. The predicted molar refractivity (Wildman–Crippen MR) is 85.5 cm³/mol. The summed E-state index contributed by atoms with van der Waals surface area (Å²) in [6, 6.07) is 14.2. The van der Waals surface area contributed by atoms with E-state index >= 15 is 0 Å². The van der Waals surface area contributed by atoms with Gasteiger partial charge in [-0.2, -0.15) is 5.26 Å². The number of methoxy groups -OCH3 is 1. The molecule has 3 rings (SSSR count). The molecule has 6 heteroatoms. The molecule has 0 aliphatic heterocycles. The summed E-state index contributed by atoms with van der Waals surface area (Å²) in [5, 5.41) is 9.26. The van der Waals surface area contributed by atoms with Crippen LogP contribution in [0.1, 0.15) is 0 Å². The number of nitrogens with zero attached hydrogens (tertiary/aromatic N) is 2. The van der Waals surface area contributed by atoms with Crippen molar-refractivity contribution in [1.29, 1.82) is 5.26 Å². The van der Waals surface area contributed by atoms with Gasteiger partial charge in [0.05, 0.1) is 23.6 Å². The van der Waals surface area contributed by atoms with Crippen molar-refractivity contribution >= 4 is 10.9 Å². The Balaban J connectivity index is 2.22. The van der Waals surface area contributed by atoms with Crippen LogP contribution in [0.4, 0.5) is 0 Å². The number of aromatic nitrogens is 2. The summed E-state index contributed by atoms with van der Waals surface area (Å²) in [4.78, 5) is 19.5. The molecular weight excluding hydrogens is 294 g/mol. The molecule has 0 fully saturated rings. The molecule has 0 atom stereocenters. The van der Waals surface area contributed by atoms with Gasteiger partial charge in [0, 0.05) is 0 Å². The molecule has 3 aromatic rings. The summed E-state index contributed by atoms with van der Waals surface area (Å²) in [5.74, 6) is 1.20. The normalized spacial score (nSPS) is 10.3. The molecule has 0 bridgehead atoms. The van der Waals surface area contributed by atoms with Crippen molar-refractivity contribution in [3.63, 3.8) is 0 Å². The fraction of sp³-hybridized carbons (Fsp3) is 0.118. The lowest BCUT2D eigenvalue weighted by atomic mass is 10.1. The summed E-state index contributed by atoms with van der Waals surface area (Å²) in [7, 11) is 1.51. The maximum Gasteiger partial charge on any atom is 0.259 e. The lowest BCUT2D eigenvalue weighted by Gasteiger charge is -2.13.